The number of aryl methyl sites for hydroxylation is 1. The Labute approximate surface area is 179 Å². The number of benzene rings is 1. The standard InChI is InChI=1S/C18H22N6O6S/c1-12-11-15(29-2)20-17(19-12)21-18(26)23-31(27,28)14-6-4-3-5-13(14)16(25)22-24-7-9-30-10-8-24/h3-6,11H,7-10H2,1-2H3,(H,22,25)(H2,19,20,21,23,26). The van der Waals surface area contributed by atoms with Crippen molar-refractivity contribution in [1.29, 1.82) is 0 Å². The Morgan fingerprint density at radius 2 is 1.87 bits per heavy atom. The number of hydrogen-bond donors (Lipinski definition) is 3. The number of amides is 3. The number of nitrogens with zero attached hydrogens (tertiary/aromatic N) is 3. The van der Waals surface area contributed by atoms with E-state index >= 15 is 0 Å². The van der Waals surface area contributed by atoms with Crippen molar-refractivity contribution in [3.05, 3.63) is 41.6 Å². The van der Waals surface area contributed by atoms with E-state index in [9.17, 15) is 18.0 Å². The lowest BCUT2D eigenvalue weighted by Gasteiger charge is -2.27. The average molecular weight is 450 g/mol. The number of hydrogen-bond acceptors (Lipinski definition) is 9. The molecule has 0 bridgehead atoms. The van der Waals surface area contributed by atoms with Gasteiger partial charge in [-0.15, -0.1) is 0 Å². The maximum absolute atomic E-state index is 12.8. The molecule has 0 spiro atoms. The van der Waals surface area contributed by atoms with Crippen molar-refractivity contribution in [1.82, 2.24) is 25.1 Å². The molecular formula is C18H22N6O6S. The van der Waals surface area contributed by atoms with Gasteiger partial charge in [-0.2, -0.15) is 4.98 Å². The molecule has 0 aliphatic carbocycles. The highest BCUT2D eigenvalue weighted by atomic mass is 32.2. The van der Waals surface area contributed by atoms with Crippen LogP contribution in [-0.2, 0) is 14.8 Å². The fourth-order valence-corrected chi connectivity index (χ4v) is 3.88. The third-order valence-electron chi connectivity index (χ3n) is 4.18. The first-order valence-electron chi connectivity index (χ1n) is 9.24. The van der Waals surface area contributed by atoms with E-state index in [-0.39, 0.29) is 22.3 Å². The smallest absolute Gasteiger partial charge is 0.335 e. The van der Waals surface area contributed by atoms with E-state index in [2.05, 4.69) is 20.7 Å². The molecule has 0 radical (unpaired) electrons. The Morgan fingerprint density at radius 1 is 1.16 bits per heavy atom. The van der Waals surface area contributed by atoms with E-state index in [1.165, 1.54) is 31.4 Å². The molecule has 31 heavy (non-hydrogen) atoms. The third kappa shape index (κ3) is 5.87. The van der Waals surface area contributed by atoms with Crippen LogP contribution in [0.25, 0.3) is 0 Å². The van der Waals surface area contributed by atoms with Crippen molar-refractivity contribution in [3.63, 3.8) is 0 Å². The molecule has 13 heteroatoms. The molecule has 3 rings (SSSR count). The van der Waals surface area contributed by atoms with Crippen LogP contribution >= 0.6 is 0 Å². The second kappa shape index (κ2) is 9.68. The summed E-state index contributed by atoms with van der Waals surface area (Å²) in [4.78, 5) is 32.5. The maximum Gasteiger partial charge on any atom is 0.335 e. The number of rotatable bonds is 6. The summed E-state index contributed by atoms with van der Waals surface area (Å²) in [6, 6.07) is 6.03. The summed E-state index contributed by atoms with van der Waals surface area (Å²) in [5.74, 6) is -0.547. The molecule has 3 N–H and O–H groups in total. The van der Waals surface area contributed by atoms with Crippen molar-refractivity contribution < 1.29 is 27.5 Å². The van der Waals surface area contributed by atoms with Gasteiger partial charge in [0.1, 0.15) is 4.90 Å². The summed E-state index contributed by atoms with van der Waals surface area (Å²) in [6.45, 7) is 3.51. The molecule has 166 valence electrons. The first-order chi connectivity index (χ1) is 14.8. The van der Waals surface area contributed by atoms with Crippen LogP contribution in [0.3, 0.4) is 0 Å². The fourth-order valence-electron chi connectivity index (χ4n) is 2.77. The van der Waals surface area contributed by atoms with Crippen molar-refractivity contribution in [2.24, 2.45) is 0 Å². The molecule has 1 saturated heterocycles. The number of hydrazine groups is 1. The lowest BCUT2D eigenvalue weighted by molar-refractivity contribution is 0.0125. The number of anilines is 1. The van der Waals surface area contributed by atoms with E-state index in [1.54, 1.807) is 18.0 Å². The van der Waals surface area contributed by atoms with Crippen LogP contribution < -0.4 is 20.2 Å². The topological polar surface area (TPSA) is 152 Å². The molecular weight excluding hydrogens is 428 g/mol. The second-order valence-corrected chi connectivity index (χ2v) is 8.12. The normalized spacial score (nSPS) is 14.5. The van der Waals surface area contributed by atoms with Crippen molar-refractivity contribution in [2.45, 2.75) is 11.8 Å². The molecule has 2 aromatic rings. The predicted octanol–water partition coefficient (Wildman–Crippen LogP) is 0.281. The summed E-state index contributed by atoms with van der Waals surface area (Å²) in [5.41, 5.74) is 3.05. The lowest BCUT2D eigenvalue weighted by atomic mass is 10.2. The minimum absolute atomic E-state index is 0.109. The number of nitrogens with one attached hydrogen (secondary N) is 3. The molecule has 3 amide bonds. The van der Waals surface area contributed by atoms with Gasteiger partial charge in [-0.1, -0.05) is 12.1 Å². The van der Waals surface area contributed by atoms with Crippen LogP contribution in [0.1, 0.15) is 16.1 Å². The van der Waals surface area contributed by atoms with Gasteiger partial charge in [0.2, 0.25) is 11.8 Å². The van der Waals surface area contributed by atoms with Gasteiger partial charge in [0, 0.05) is 24.8 Å². The second-order valence-electron chi connectivity index (χ2n) is 6.47. The van der Waals surface area contributed by atoms with Gasteiger partial charge < -0.3 is 9.47 Å². The average Bonchev–Trinajstić information content (AvgIpc) is 2.73. The van der Waals surface area contributed by atoms with Crippen molar-refractivity contribution >= 4 is 27.9 Å². The highest BCUT2D eigenvalue weighted by Gasteiger charge is 2.25. The Morgan fingerprint density at radius 3 is 2.58 bits per heavy atom. The number of aromatic nitrogens is 2. The zero-order chi connectivity index (χ0) is 22.4. The third-order valence-corrected chi connectivity index (χ3v) is 5.57. The van der Waals surface area contributed by atoms with Gasteiger partial charge in [0.05, 0.1) is 25.9 Å². The van der Waals surface area contributed by atoms with Crippen molar-refractivity contribution in [2.75, 3.05) is 38.7 Å². The number of carbonyl (C=O) groups excluding carboxylic acids is 2. The van der Waals surface area contributed by atoms with Crippen LogP contribution in [0.5, 0.6) is 5.88 Å². The quantitative estimate of drug-likeness (QED) is 0.563. The maximum atomic E-state index is 12.8. The van der Waals surface area contributed by atoms with Gasteiger partial charge in [0.25, 0.3) is 15.9 Å². The van der Waals surface area contributed by atoms with Crippen LogP contribution in [-0.4, -0.2) is 68.7 Å². The van der Waals surface area contributed by atoms with Gasteiger partial charge >= 0.3 is 6.03 Å². The van der Waals surface area contributed by atoms with E-state index in [4.69, 9.17) is 9.47 Å². The number of morpholine rings is 1. The van der Waals surface area contributed by atoms with Gasteiger partial charge in [0.15, 0.2) is 0 Å². The van der Waals surface area contributed by atoms with Gasteiger partial charge in [-0.05, 0) is 19.1 Å². The molecule has 1 aliphatic rings. The molecule has 0 atom stereocenters. The first-order valence-corrected chi connectivity index (χ1v) is 10.7. The van der Waals surface area contributed by atoms with E-state index in [0.29, 0.717) is 32.0 Å². The molecule has 1 aromatic heterocycles. The first kappa shape index (κ1) is 22.4. The predicted molar refractivity (Wildman–Crippen MR) is 109 cm³/mol. The molecule has 1 fully saturated rings. The molecule has 1 aromatic carbocycles. The van der Waals surface area contributed by atoms with Gasteiger partial charge in [-0.25, -0.2) is 27.9 Å². The number of urea groups is 1. The largest absolute Gasteiger partial charge is 0.481 e. The Kier molecular flexibility index (Phi) is 6.99. The van der Waals surface area contributed by atoms with Crippen LogP contribution in [0, 0.1) is 6.92 Å². The van der Waals surface area contributed by atoms with E-state index in [0.717, 1.165) is 0 Å². The summed E-state index contributed by atoms with van der Waals surface area (Å²) in [7, 11) is -2.98. The summed E-state index contributed by atoms with van der Waals surface area (Å²) in [6.07, 6.45) is 0. The Bertz CT molecular complexity index is 1070. The molecule has 2 heterocycles. The number of methoxy groups -OCH3 is 1. The van der Waals surface area contributed by atoms with Crippen LogP contribution in [0.2, 0.25) is 0 Å². The molecule has 0 unspecified atom stereocenters. The van der Waals surface area contributed by atoms with Crippen LogP contribution in [0.4, 0.5) is 10.7 Å². The monoisotopic (exact) mass is 450 g/mol. The zero-order valence-electron chi connectivity index (χ0n) is 16.9. The number of sulfonamides is 1. The van der Waals surface area contributed by atoms with Crippen LogP contribution in [0.15, 0.2) is 35.2 Å². The summed E-state index contributed by atoms with van der Waals surface area (Å²) < 4.78 is 37.7. The zero-order valence-corrected chi connectivity index (χ0v) is 17.7. The van der Waals surface area contributed by atoms with Gasteiger partial charge in [-0.3, -0.25) is 15.5 Å². The Hall–Kier alpha value is -3.29. The van der Waals surface area contributed by atoms with E-state index in [1.807, 2.05) is 4.72 Å². The number of ether oxygens (including phenoxy) is 2. The minimum atomic E-state index is -4.37. The fraction of sp³-hybridized carbons (Fsp3) is 0.333. The van der Waals surface area contributed by atoms with Crippen molar-refractivity contribution in [3.8, 4) is 5.88 Å². The summed E-state index contributed by atoms with van der Waals surface area (Å²) in [5, 5.41) is 3.88. The molecule has 1 aliphatic heterocycles. The SMILES string of the molecule is COc1cc(C)nc(NC(=O)NS(=O)(=O)c2ccccc2C(=O)NN2CCOCC2)n1. The highest BCUT2D eigenvalue weighted by Crippen LogP contribution is 2.16. The molecule has 12 nitrogen and oxygen atoms in total. The lowest BCUT2D eigenvalue weighted by Crippen LogP contribution is -2.48. The summed E-state index contributed by atoms with van der Waals surface area (Å²) >= 11 is 0. The Balaban J connectivity index is 1.75. The minimum Gasteiger partial charge on any atom is -0.481 e. The number of carbonyl (C=O) groups is 2. The van der Waals surface area contributed by atoms with E-state index < -0.39 is 22.0 Å². The highest BCUT2D eigenvalue weighted by molar-refractivity contribution is 7.90. The molecule has 0 saturated carbocycles.